The highest BCUT2D eigenvalue weighted by molar-refractivity contribution is 5.45. The number of hydrogen-bond donors (Lipinski definition) is 2. The van der Waals surface area contributed by atoms with E-state index in [0.717, 1.165) is 51.3 Å². The van der Waals surface area contributed by atoms with Gasteiger partial charge in [-0.05, 0) is 38.6 Å². The van der Waals surface area contributed by atoms with Gasteiger partial charge in [-0.1, -0.05) is 6.92 Å². The van der Waals surface area contributed by atoms with Gasteiger partial charge < -0.3 is 15.3 Å². The second-order valence-electron chi connectivity index (χ2n) is 5.60. The van der Waals surface area contributed by atoms with Gasteiger partial charge in [-0.2, -0.15) is 0 Å². The normalized spacial score (nSPS) is 18.5. The van der Waals surface area contributed by atoms with Crippen LogP contribution in [-0.4, -0.2) is 61.4 Å². The second kappa shape index (κ2) is 8.32. The SMILES string of the molecule is CCC(NC)c1ccc(N2CCCN(CCO)CC2)cn1. The summed E-state index contributed by atoms with van der Waals surface area (Å²) in [5, 5.41) is 12.3. The molecule has 0 bridgehead atoms. The molecule has 118 valence electrons. The molecule has 1 aliphatic rings. The average Bonchev–Trinajstić information content (AvgIpc) is 2.75. The van der Waals surface area contributed by atoms with Crippen LogP contribution in [0, 0.1) is 0 Å². The Morgan fingerprint density at radius 2 is 2.14 bits per heavy atom. The highest BCUT2D eigenvalue weighted by Crippen LogP contribution is 2.19. The summed E-state index contributed by atoms with van der Waals surface area (Å²) in [5.41, 5.74) is 2.32. The van der Waals surface area contributed by atoms with Crippen LogP contribution in [-0.2, 0) is 0 Å². The average molecular weight is 292 g/mol. The van der Waals surface area contributed by atoms with Crippen molar-refractivity contribution < 1.29 is 5.11 Å². The maximum absolute atomic E-state index is 9.05. The lowest BCUT2D eigenvalue weighted by Crippen LogP contribution is -2.32. The third-order valence-corrected chi connectivity index (χ3v) is 4.25. The Bertz CT molecular complexity index is 405. The first-order valence-corrected chi connectivity index (χ1v) is 7.99. The van der Waals surface area contributed by atoms with Crippen LogP contribution in [0.2, 0.25) is 0 Å². The lowest BCUT2D eigenvalue weighted by Gasteiger charge is -2.23. The summed E-state index contributed by atoms with van der Waals surface area (Å²) < 4.78 is 0. The summed E-state index contributed by atoms with van der Waals surface area (Å²) in [4.78, 5) is 9.35. The molecule has 1 aliphatic heterocycles. The molecule has 1 unspecified atom stereocenters. The van der Waals surface area contributed by atoms with Gasteiger partial charge in [0.25, 0.3) is 0 Å². The van der Waals surface area contributed by atoms with Crippen LogP contribution in [0.3, 0.4) is 0 Å². The standard InChI is InChI=1S/C16H28N4O/c1-3-15(17-2)16-6-5-14(13-18-16)20-8-4-7-19(9-10-20)11-12-21/h5-6,13,15,17,21H,3-4,7-12H2,1-2H3. The molecule has 2 rings (SSSR count). The minimum Gasteiger partial charge on any atom is -0.395 e. The molecule has 1 saturated heterocycles. The topological polar surface area (TPSA) is 51.6 Å². The lowest BCUT2D eigenvalue weighted by molar-refractivity contribution is 0.204. The van der Waals surface area contributed by atoms with Crippen molar-refractivity contribution >= 4 is 5.69 Å². The second-order valence-corrected chi connectivity index (χ2v) is 5.60. The number of aliphatic hydroxyl groups is 1. The van der Waals surface area contributed by atoms with E-state index in [2.05, 4.69) is 39.2 Å². The van der Waals surface area contributed by atoms with Crippen molar-refractivity contribution in [3.05, 3.63) is 24.0 Å². The largest absolute Gasteiger partial charge is 0.395 e. The van der Waals surface area contributed by atoms with E-state index >= 15 is 0 Å². The van der Waals surface area contributed by atoms with Crippen LogP contribution in [0.25, 0.3) is 0 Å². The van der Waals surface area contributed by atoms with Gasteiger partial charge in [-0.3, -0.25) is 9.88 Å². The summed E-state index contributed by atoms with van der Waals surface area (Å²) in [6.07, 6.45) is 4.18. The number of rotatable bonds is 6. The van der Waals surface area contributed by atoms with Crippen LogP contribution in [0.15, 0.2) is 18.3 Å². The van der Waals surface area contributed by atoms with E-state index in [4.69, 9.17) is 5.11 Å². The number of nitrogens with one attached hydrogen (secondary N) is 1. The molecule has 2 heterocycles. The van der Waals surface area contributed by atoms with Crippen molar-refractivity contribution in [2.24, 2.45) is 0 Å². The summed E-state index contributed by atoms with van der Waals surface area (Å²) in [6, 6.07) is 4.66. The van der Waals surface area contributed by atoms with E-state index in [-0.39, 0.29) is 6.61 Å². The monoisotopic (exact) mass is 292 g/mol. The van der Waals surface area contributed by atoms with Crippen LogP contribution in [0.4, 0.5) is 5.69 Å². The molecule has 1 aromatic rings. The number of aromatic nitrogens is 1. The predicted molar refractivity (Wildman–Crippen MR) is 86.7 cm³/mol. The highest BCUT2D eigenvalue weighted by Gasteiger charge is 2.15. The molecule has 0 saturated carbocycles. The zero-order valence-corrected chi connectivity index (χ0v) is 13.3. The Labute approximate surface area is 128 Å². The molecule has 0 aromatic carbocycles. The van der Waals surface area contributed by atoms with Crippen LogP contribution >= 0.6 is 0 Å². The number of hydrogen-bond acceptors (Lipinski definition) is 5. The van der Waals surface area contributed by atoms with E-state index in [1.54, 1.807) is 0 Å². The van der Waals surface area contributed by atoms with Gasteiger partial charge in [-0.25, -0.2) is 0 Å². The van der Waals surface area contributed by atoms with Gasteiger partial charge in [0.05, 0.1) is 24.2 Å². The van der Waals surface area contributed by atoms with Crippen molar-refractivity contribution in [3.8, 4) is 0 Å². The van der Waals surface area contributed by atoms with Gasteiger partial charge in [0.15, 0.2) is 0 Å². The van der Waals surface area contributed by atoms with Gasteiger partial charge in [-0.15, -0.1) is 0 Å². The van der Waals surface area contributed by atoms with E-state index < -0.39 is 0 Å². The minimum absolute atomic E-state index is 0.249. The van der Waals surface area contributed by atoms with E-state index in [1.807, 2.05) is 13.2 Å². The molecule has 5 heteroatoms. The molecule has 0 amide bonds. The fraction of sp³-hybridized carbons (Fsp3) is 0.688. The predicted octanol–water partition coefficient (Wildman–Crippen LogP) is 1.26. The van der Waals surface area contributed by atoms with Crippen LogP contribution in [0.5, 0.6) is 0 Å². The van der Waals surface area contributed by atoms with Crippen molar-refractivity contribution in [2.45, 2.75) is 25.8 Å². The van der Waals surface area contributed by atoms with Gasteiger partial charge in [0.2, 0.25) is 0 Å². The molecule has 5 nitrogen and oxygen atoms in total. The van der Waals surface area contributed by atoms with E-state index in [1.165, 1.54) is 5.69 Å². The smallest absolute Gasteiger partial charge is 0.0574 e. The fourth-order valence-corrected chi connectivity index (χ4v) is 2.95. The Morgan fingerprint density at radius 1 is 1.29 bits per heavy atom. The number of aliphatic hydroxyl groups excluding tert-OH is 1. The minimum atomic E-state index is 0.249. The molecular weight excluding hydrogens is 264 g/mol. The molecular formula is C16H28N4O. The molecule has 0 spiro atoms. The molecule has 1 aromatic heterocycles. The summed E-state index contributed by atoms with van der Waals surface area (Å²) in [6.45, 7) is 7.35. The third-order valence-electron chi connectivity index (χ3n) is 4.25. The van der Waals surface area contributed by atoms with E-state index in [0.29, 0.717) is 6.04 Å². The lowest BCUT2D eigenvalue weighted by atomic mass is 10.1. The first-order chi connectivity index (χ1) is 10.3. The van der Waals surface area contributed by atoms with Crippen molar-refractivity contribution in [2.75, 3.05) is 51.3 Å². The Kier molecular flexibility index (Phi) is 6.42. The van der Waals surface area contributed by atoms with Crippen LogP contribution < -0.4 is 10.2 Å². The molecule has 0 aliphatic carbocycles. The van der Waals surface area contributed by atoms with Crippen molar-refractivity contribution in [1.29, 1.82) is 0 Å². The zero-order valence-electron chi connectivity index (χ0n) is 13.3. The van der Waals surface area contributed by atoms with Crippen molar-refractivity contribution in [3.63, 3.8) is 0 Å². The van der Waals surface area contributed by atoms with Gasteiger partial charge in [0.1, 0.15) is 0 Å². The van der Waals surface area contributed by atoms with Crippen molar-refractivity contribution in [1.82, 2.24) is 15.2 Å². The zero-order chi connectivity index (χ0) is 15.1. The number of β-amino-alcohol motifs (C(OH)–C–C–N with tert-alkyl or cyclic N) is 1. The number of nitrogens with zero attached hydrogens (tertiary/aromatic N) is 3. The summed E-state index contributed by atoms with van der Waals surface area (Å²) in [7, 11) is 1.98. The first kappa shape index (κ1) is 16.2. The molecule has 1 atom stereocenters. The number of anilines is 1. The fourth-order valence-electron chi connectivity index (χ4n) is 2.95. The number of pyridine rings is 1. The Hall–Kier alpha value is -1.17. The molecule has 2 N–H and O–H groups in total. The molecule has 0 radical (unpaired) electrons. The first-order valence-electron chi connectivity index (χ1n) is 7.99. The Balaban J connectivity index is 1.98. The summed E-state index contributed by atoms with van der Waals surface area (Å²) >= 11 is 0. The highest BCUT2D eigenvalue weighted by atomic mass is 16.3. The Morgan fingerprint density at radius 3 is 2.76 bits per heavy atom. The van der Waals surface area contributed by atoms with Gasteiger partial charge in [0, 0.05) is 32.2 Å². The van der Waals surface area contributed by atoms with E-state index in [9.17, 15) is 0 Å². The maximum atomic E-state index is 9.05. The maximum Gasteiger partial charge on any atom is 0.0574 e. The summed E-state index contributed by atoms with van der Waals surface area (Å²) in [5.74, 6) is 0. The third kappa shape index (κ3) is 4.40. The molecule has 21 heavy (non-hydrogen) atoms. The van der Waals surface area contributed by atoms with Crippen LogP contribution in [0.1, 0.15) is 31.5 Å². The molecule has 1 fully saturated rings. The quantitative estimate of drug-likeness (QED) is 0.826. The van der Waals surface area contributed by atoms with Gasteiger partial charge >= 0.3 is 0 Å².